The average molecular weight is 373 g/mol. The highest BCUT2D eigenvalue weighted by molar-refractivity contribution is 6.08. The van der Waals surface area contributed by atoms with Gasteiger partial charge in [0.1, 0.15) is 5.69 Å². The molecule has 3 rings (SSSR count). The fraction of sp³-hybridized carbons (Fsp3) is 0.174. The molecule has 0 radical (unpaired) electrons. The van der Waals surface area contributed by atoms with Gasteiger partial charge in [-0.3, -0.25) is 14.6 Å². The summed E-state index contributed by atoms with van der Waals surface area (Å²) >= 11 is 0. The molecule has 0 unspecified atom stereocenters. The van der Waals surface area contributed by atoms with Gasteiger partial charge in [0.2, 0.25) is 0 Å². The second kappa shape index (κ2) is 8.48. The number of rotatable bonds is 5. The van der Waals surface area contributed by atoms with Crippen molar-refractivity contribution >= 4 is 23.2 Å². The SMILES string of the molecule is CCc1cccc(C)c1NC(=O)c1cc(C(=O)Nc2ccccc2C)ccn1. The Morgan fingerprint density at radius 2 is 1.64 bits per heavy atom. The van der Waals surface area contributed by atoms with Crippen LogP contribution < -0.4 is 10.6 Å². The Balaban J connectivity index is 1.80. The quantitative estimate of drug-likeness (QED) is 0.677. The number of carbonyl (C=O) groups excluding carboxylic acids is 2. The van der Waals surface area contributed by atoms with Crippen LogP contribution in [0.1, 0.15) is 44.5 Å². The minimum atomic E-state index is -0.338. The van der Waals surface area contributed by atoms with Crippen LogP contribution in [-0.4, -0.2) is 16.8 Å². The van der Waals surface area contributed by atoms with E-state index in [1.54, 1.807) is 6.07 Å². The maximum atomic E-state index is 12.7. The van der Waals surface area contributed by atoms with Crippen molar-refractivity contribution in [1.29, 1.82) is 0 Å². The van der Waals surface area contributed by atoms with Crippen molar-refractivity contribution in [2.45, 2.75) is 27.2 Å². The Labute approximate surface area is 164 Å². The highest BCUT2D eigenvalue weighted by Crippen LogP contribution is 2.22. The first-order chi connectivity index (χ1) is 13.5. The number of amides is 2. The minimum absolute atomic E-state index is 0.197. The molecule has 0 spiro atoms. The van der Waals surface area contributed by atoms with E-state index < -0.39 is 0 Å². The third-order valence-electron chi connectivity index (χ3n) is 4.63. The predicted molar refractivity (Wildman–Crippen MR) is 112 cm³/mol. The van der Waals surface area contributed by atoms with Gasteiger partial charge in [0.25, 0.3) is 11.8 Å². The van der Waals surface area contributed by atoms with Gasteiger partial charge >= 0.3 is 0 Å². The Kier molecular flexibility index (Phi) is 5.84. The zero-order valence-corrected chi connectivity index (χ0v) is 16.2. The number of anilines is 2. The number of aromatic nitrogens is 1. The van der Waals surface area contributed by atoms with Gasteiger partial charge in [0.05, 0.1) is 0 Å². The number of hydrogen-bond donors (Lipinski definition) is 2. The van der Waals surface area contributed by atoms with Crippen molar-refractivity contribution in [3.05, 3.63) is 88.7 Å². The van der Waals surface area contributed by atoms with Gasteiger partial charge in [0, 0.05) is 23.1 Å². The molecule has 142 valence electrons. The third kappa shape index (κ3) is 4.26. The molecule has 3 aromatic rings. The maximum Gasteiger partial charge on any atom is 0.274 e. The number of nitrogens with one attached hydrogen (secondary N) is 2. The molecular formula is C23H23N3O2. The first-order valence-electron chi connectivity index (χ1n) is 9.22. The second-order valence-electron chi connectivity index (χ2n) is 6.62. The Morgan fingerprint density at radius 1 is 0.893 bits per heavy atom. The van der Waals surface area contributed by atoms with Crippen molar-refractivity contribution in [2.24, 2.45) is 0 Å². The molecule has 5 nitrogen and oxygen atoms in total. The van der Waals surface area contributed by atoms with Crippen LogP contribution in [0.2, 0.25) is 0 Å². The van der Waals surface area contributed by atoms with Crippen molar-refractivity contribution in [2.75, 3.05) is 10.6 Å². The molecular weight excluding hydrogens is 350 g/mol. The first-order valence-corrected chi connectivity index (χ1v) is 9.22. The molecule has 0 bridgehead atoms. The monoisotopic (exact) mass is 373 g/mol. The summed E-state index contributed by atoms with van der Waals surface area (Å²) in [6.07, 6.45) is 2.28. The second-order valence-corrected chi connectivity index (χ2v) is 6.62. The fourth-order valence-corrected chi connectivity index (χ4v) is 2.98. The highest BCUT2D eigenvalue weighted by atomic mass is 16.2. The Bertz CT molecular complexity index is 1030. The van der Waals surface area contributed by atoms with Crippen molar-refractivity contribution in [1.82, 2.24) is 4.98 Å². The number of benzene rings is 2. The van der Waals surface area contributed by atoms with E-state index in [0.717, 1.165) is 34.5 Å². The predicted octanol–water partition coefficient (Wildman–Crippen LogP) is 4.77. The number of carbonyl (C=O) groups is 2. The topological polar surface area (TPSA) is 71.1 Å². The number of nitrogens with zero attached hydrogens (tertiary/aromatic N) is 1. The van der Waals surface area contributed by atoms with Crippen LogP contribution in [0.4, 0.5) is 11.4 Å². The molecule has 5 heteroatoms. The summed E-state index contributed by atoms with van der Waals surface area (Å²) in [5.41, 5.74) is 5.12. The van der Waals surface area contributed by atoms with Gasteiger partial charge in [-0.05, 0) is 55.2 Å². The maximum absolute atomic E-state index is 12.7. The summed E-state index contributed by atoms with van der Waals surface area (Å²) in [6.45, 7) is 5.92. The van der Waals surface area contributed by atoms with E-state index in [2.05, 4.69) is 15.6 Å². The number of aryl methyl sites for hydroxylation is 3. The largest absolute Gasteiger partial charge is 0.322 e. The molecule has 0 saturated carbocycles. The zero-order chi connectivity index (χ0) is 20.1. The lowest BCUT2D eigenvalue weighted by Gasteiger charge is -2.13. The Morgan fingerprint density at radius 3 is 2.39 bits per heavy atom. The first kappa shape index (κ1) is 19.3. The van der Waals surface area contributed by atoms with Crippen LogP contribution in [0.3, 0.4) is 0 Å². The lowest BCUT2D eigenvalue weighted by atomic mass is 10.1. The van der Waals surface area contributed by atoms with E-state index in [1.165, 1.54) is 12.3 Å². The molecule has 0 saturated heterocycles. The fourth-order valence-electron chi connectivity index (χ4n) is 2.98. The van der Waals surface area contributed by atoms with Crippen LogP contribution in [-0.2, 0) is 6.42 Å². The molecule has 2 aromatic carbocycles. The summed E-state index contributed by atoms with van der Waals surface area (Å²) in [4.78, 5) is 29.4. The smallest absolute Gasteiger partial charge is 0.274 e. The number of hydrogen-bond acceptors (Lipinski definition) is 3. The minimum Gasteiger partial charge on any atom is -0.322 e. The summed E-state index contributed by atoms with van der Waals surface area (Å²) < 4.78 is 0. The molecule has 1 aromatic heterocycles. The van der Waals surface area contributed by atoms with Gasteiger partial charge in [-0.15, -0.1) is 0 Å². The van der Waals surface area contributed by atoms with Gasteiger partial charge in [-0.25, -0.2) is 0 Å². The molecule has 2 N–H and O–H groups in total. The van der Waals surface area contributed by atoms with E-state index in [9.17, 15) is 9.59 Å². The molecule has 28 heavy (non-hydrogen) atoms. The van der Waals surface area contributed by atoms with Crippen molar-refractivity contribution in [3.63, 3.8) is 0 Å². The molecule has 0 fully saturated rings. The van der Waals surface area contributed by atoms with Crippen LogP contribution in [0.15, 0.2) is 60.8 Å². The average Bonchev–Trinajstić information content (AvgIpc) is 2.71. The lowest BCUT2D eigenvalue weighted by molar-refractivity contribution is 0.102. The van der Waals surface area contributed by atoms with E-state index >= 15 is 0 Å². The highest BCUT2D eigenvalue weighted by Gasteiger charge is 2.15. The summed E-state index contributed by atoms with van der Waals surface area (Å²) in [7, 11) is 0. The van der Waals surface area contributed by atoms with Gasteiger partial charge in [-0.1, -0.05) is 43.3 Å². The number of para-hydroxylation sites is 2. The summed E-state index contributed by atoms with van der Waals surface area (Å²) in [5, 5.41) is 5.81. The molecule has 0 aliphatic rings. The number of pyridine rings is 1. The third-order valence-corrected chi connectivity index (χ3v) is 4.63. The Hall–Kier alpha value is -3.47. The molecule has 0 aliphatic heterocycles. The van der Waals surface area contributed by atoms with Crippen LogP contribution >= 0.6 is 0 Å². The van der Waals surface area contributed by atoms with E-state index in [-0.39, 0.29) is 17.5 Å². The van der Waals surface area contributed by atoms with E-state index in [1.807, 2.05) is 63.2 Å². The lowest BCUT2D eigenvalue weighted by Crippen LogP contribution is -2.18. The molecule has 0 atom stereocenters. The van der Waals surface area contributed by atoms with Crippen LogP contribution in [0, 0.1) is 13.8 Å². The van der Waals surface area contributed by atoms with E-state index in [0.29, 0.717) is 5.56 Å². The van der Waals surface area contributed by atoms with Crippen molar-refractivity contribution in [3.8, 4) is 0 Å². The van der Waals surface area contributed by atoms with Gasteiger partial charge in [0.15, 0.2) is 0 Å². The van der Waals surface area contributed by atoms with Gasteiger partial charge < -0.3 is 10.6 Å². The van der Waals surface area contributed by atoms with Crippen molar-refractivity contribution < 1.29 is 9.59 Å². The standard InChI is InChI=1S/C23H23N3O2/c1-4-17-10-7-9-16(3)21(17)26-23(28)20-14-18(12-13-24-20)22(27)25-19-11-6-5-8-15(19)2/h5-14H,4H2,1-3H3,(H,25,27)(H,26,28). The van der Waals surface area contributed by atoms with Gasteiger partial charge in [-0.2, -0.15) is 0 Å². The molecule has 1 heterocycles. The summed E-state index contributed by atoms with van der Waals surface area (Å²) in [5.74, 6) is -0.620. The molecule has 2 amide bonds. The van der Waals surface area contributed by atoms with E-state index in [4.69, 9.17) is 0 Å². The normalized spacial score (nSPS) is 10.4. The van der Waals surface area contributed by atoms with Crippen LogP contribution in [0.25, 0.3) is 0 Å². The zero-order valence-electron chi connectivity index (χ0n) is 16.2. The molecule has 0 aliphatic carbocycles. The van der Waals surface area contributed by atoms with Crippen LogP contribution in [0.5, 0.6) is 0 Å². The summed E-state index contributed by atoms with van der Waals surface area (Å²) in [6, 6.07) is 16.6.